The van der Waals surface area contributed by atoms with Crippen molar-refractivity contribution >= 4 is 54.9 Å². The molecule has 1 unspecified atom stereocenters. The lowest BCUT2D eigenvalue weighted by Gasteiger charge is -2.39. The Labute approximate surface area is 250 Å². The molecular weight excluding hydrogens is 524 g/mol. The molecule has 4 heteroatoms. The molecule has 0 fully saturated rings. The maximum Gasteiger partial charge on any atom is 0.0807 e. The Balaban J connectivity index is 1.39. The van der Waals surface area contributed by atoms with Crippen LogP contribution in [0, 0.1) is 0 Å². The van der Waals surface area contributed by atoms with Crippen LogP contribution < -0.4 is 5.32 Å². The minimum absolute atomic E-state index is 0.152. The number of hydrogen-bond acceptors (Lipinski definition) is 2. The standard InChI is InChI=1S/C39H30N4/c1-41-23-22-35(32-25-40-24-31(38(32)41)26-12-4-2-5-13-26)43-34-19-11-9-17-30(34)37-36(43)21-20-29-28-16-8-10-18-33(28)42(39(29)37)27-14-6-3-7-15-27/h2-24,38,40H,25H2,1H3. The molecular formula is C39H30N4. The van der Waals surface area contributed by atoms with Gasteiger partial charge in [0, 0.05) is 58.8 Å². The molecule has 7 aromatic rings. The SMILES string of the molecule is CN1C=CC(n2c3ccccc3c3c2ccc2c4ccccc4n(-c4ccccc4)c23)=C2CNC=C(c3ccccc3)C21. The van der Waals surface area contributed by atoms with Gasteiger partial charge < -0.3 is 19.4 Å². The molecule has 5 aromatic carbocycles. The second kappa shape index (κ2) is 9.27. The van der Waals surface area contributed by atoms with Gasteiger partial charge in [-0.1, -0.05) is 91.0 Å². The average molecular weight is 555 g/mol. The van der Waals surface area contributed by atoms with E-state index >= 15 is 0 Å². The molecule has 0 radical (unpaired) electrons. The van der Waals surface area contributed by atoms with Crippen LogP contribution in [-0.4, -0.2) is 33.7 Å². The van der Waals surface area contributed by atoms with E-state index < -0.39 is 0 Å². The van der Waals surface area contributed by atoms with Crippen LogP contribution in [0.4, 0.5) is 0 Å². The summed E-state index contributed by atoms with van der Waals surface area (Å²) < 4.78 is 4.95. The molecule has 0 spiro atoms. The summed E-state index contributed by atoms with van der Waals surface area (Å²) in [4.78, 5) is 2.35. The maximum atomic E-state index is 3.62. The van der Waals surface area contributed by atoms with Crippen molar-refractivity contribution in [2.45, 2.75) is 6.04 Å². The van der Waals surface area contributed by atoms with Gasteiger partial charge in [0.1, 0.15) is 0 Å². The third kappa shape index (κ3) is 3.44. The highest BCUT2D eigenvalue weighted by atomic mass is 15.2. The van der Waals surface area contributed by atoms with E-state index in [1.54, 1.807) is 0 Å². The van der Waals surface area contributed by atoms with Crippen LogP contribution in [0.15, 0.2) is 145 Å². The van der Waals surface area contributed by atoms with Crippen molar-refractivity contribution in [3.05, 3.63) is 151 Å². The molecule has 4 nitrogen and oxygen atoms in total. The molecule has 0 saturated carbocycles. The lowest BCUT2D eigenvalue weighted by Crippen LogP contribution is -2.40. The predicted molar refractivity (Wildman–Crippen MR) is 180 cm³/mol. The number of likely N-dealkylation sites (N-methyl/N-ethyl adjacent to an activating group) is 1. The fraction of sp³-hybridized carbons (Fsp3) is 0.0769. The molecule has 2 aliphatic heterocycles. The lowest BCUT2D eigenvalue weighted by molar-refractivity contribution is 0.415. The highest BCUT2D eigenvalue weighted by Crippen LogP contribution is 2.44. The Hall–Kier alpha value is -5.48. The van der Waals surface area contributed by atoms with Gasteiger partial charge in [0.2, 0.25) is 0 Å². The lowest BCUT2D eigenvalue weighted by atomic mass is 9.87. The highest BCUT2D eigenvalue weighted by Gasteiger charge is 2.32. The molecule has 0 aliphatic carbocycles. The third-order valence-corrected chi connectivity index (χ3v) is 9.21. The molecule has 0 saturated heterocycles. The van der Waals surface area contributed by atoms with Gasteiger partial charge in [-0.15, -0.1) is 0 Å². The summed E-state index contributed by atoms with van der Waals surface area (Å²) in [6, 6.07) is 44.0. The number of fused-ring (bicyclic) bond motifs is 8. The topological polar surface area (TPSA) is 25.1 Å². The smallest absolute Gasteiger partial charge is 0.0807 e. The summed E-state index contributed by atoms with van der Waals surface area (Å²) in [6.45, 7) is 0.797. The quantitative estimate of drug-likeness (QED) is 0.237. The van der Waals surface area contributed by atoms with Gasteiger partial charge in [-0.05, 0) is 47.5 Å². The summed E-state index contributed by atoms with van der Waals surface area (Å²) in [7, 11) is 2.19. The van der Waals surface area contributed by atoms with Gasteiger partial charge in [0.05, 0.1) is 33.8 Å². The summed E-state index contributed by atoms with van der Waals surface area (Å²) >= 11 is 0. The molecule has 0 amide bonds. The number of aromatic nitrogens is 2. The Morgan fingerprint density at radius 3 is 2.09 bits per heavy atom. The first-order chi connectivity index (χ1) is 21.3. The van der Waals surface area contributed by atoms with Crippen LogP contribution in [0.2, 0.25) is 0 Å². The summed E-state index contributed by atoms with van der Waals surface area (Å²) in [5, 5.41) is 8.72. The number of hydrogen-bond donors (Lipinski definition) is 1. The van der Waals surface area contributed by atoms with Crippen LogP contribution in [0.1, 0.15) is 5.56 Å². The maximum absolute atomic E-state index is 3.62. The summed E-state index contributed by atoms with van der Waals surface area (Å²) in [5.74, 6) is 0. The van der Waals surface area contributed by atoms with E-state index in [4.69, 9.17) is 0 Å². The first-order valence-electron chi connectivity index (χ1n) is 14.9. The number of nitrogens with zero attached hydrogens (tertiary/aromatic N) is 3. The van der Waals surface area contributed by atoms with Crippen LogP contribution in [0.3, 0.4) is 0 Å². The summed E-state index contributed by atoms with van der Waals surface area (Å²) in [5.41, 5.74) is 11.2. The number of nitrogens with one attached hydrogen (secondary N) is 1. The number of allylic oxidation sites excluding steroid dienone is 2. The van der Waals surface area contributed by atoms with Gasteiger partial charge >= 0.3 is 0 Å². The van der Waals surface area contributed by atoms with Crippen molar-refractivity contribution < 1.29 is 0 Å². The van der Waals surface area contributed by atoms with Crippen LogP contribution in [-0.2, 0) is 0 Å². The van der Waals surface area contributed by atoms with Crippen molar-refractivity contribution in [2.75, 3.05) is 13.6 Å². The Bertz CT molecular complexity index is 2300. The molecule has 206 valence electrons. The number of benzene rings is 5. The molecule has 2 aliphatic rings. The number of para-hydroxylation sites is 3. The first-order valence-corrected chi connectivity index (χ1v) is 14.9. The summed E-state index contributed by atoms with van der Waals surface area (Å²) in [6.07, 6.45) is 6.74. The monoisotopic (exact) mass is 554 g/mol. The predicted octanol–water partition coefficient (Wildman–Crippen LogP) is 8.57. The second-order valence-electron chi connectivity index (χ2n) is 11.5. The minimum Gasteiger partial charge on any atom is -0.387 e. The Morgan fingerprint density at radius 2 is 1.30 bits per heavy atom. The van der Waals surface area contributed by atoms with E-state index in [9.17, 15) is 0 Å². The molecule has 0 bridgehead atoms. The van der Waals surface area contributed by atoms with E-state index in [1.807, 2.05) is 0 Å². The fourth-order valence-corrected chi connectivity index (χ4v) is 7.41. The van der Waals surface area contributed by atoms with Crippen molar-refractivity contribution in [1.82, 2.24) is 19.4 Å². The van der Waals surface area contributed by atoms with Crippen LogP contribution in [0.5, 0.6) is 0 Å². The third-order valence-electron chi connectivity index (χ3n) is 9.21. The zero-order valence-electron chi connectivity index (χ0n) is 23.9. The van der Waals surface area contributed by atoms with Gasteiger partial charge in [-0.25, -0.2) is 0 Å². The minimum atomic E-state index is 0.152. The van der Waals surface area contributed by atoms with Gasteiger partial charge in [0.25, 0.3) is 0 Å². The van der Waals surface area contributed by atoms with Crippen molar-refractivity contribution in [2.24, 2.45) is 0 Å². The van der Waals surface area contributed by atoms with Gasteiger partial charge in [0.15, 0.2) is 0 Å². The van der Waals surface area contributed by atoms with Crippen molar-refractivity contribution in [3.8, 4) is 5.69 Å². The van der Waals surface area contributed by atoms with E-state index in [2.05, 4.69) is 166 Å². The van der Waals surface area contributed by atoms with Crippen LogP contribution >= 0.6 is 0 Å². The van der Waals surface area contributed by atoms with Crippen molar-refractivity contribution in [3.63, 3.8) is 0 Å². The van der Waals surface area contributed by atoms with E-state index in [1.165, 1.54) is 71.7 Å². The zero-order chi connectivity index (χ0) is 28.5. The van der Waals surface area contributed by atoms with E-state index in [-0.39, 0.29) is 6.04 Å². The zero-order valence-corrected chi connectivity index (χ0v) is 23.9. The van der Waals surface area contributed by atoms with E-state index in [0.29, 0.717) is 0 Å². The molecule has 1 atom stereocenters. The molecule has 1 N–H and O–H groups in total. The first kappa shape index (κ1) is 24.2. The fourth-order valence-electron chi connectivity index (χ4n) is 7.41. The molecule has 2 aromatic heterocycles. The van der Waals surface area contributed by atoms with Gasteiger partial charge in [-0.3, -0.25) is 0 Å². The highest BCUT2D eigenvalue weighted by molar-refractivity contribution is 6.26. The molecule has 4 heterocycles. The van der Waals surface area contributed by atoms with E-state index in [0.717, 1.165) is 6.54 Å². The molecule has 9 rings (SSSR count). The normalized spacial score (nSPS) is 16.7. The average Bonchev–Trinajstić information content (AvgIpc) is 3.59. The van der Waals surface area contributed by atoms with Crippen molar-refractivity contribution in [1.29, 1.82) is 0 Å². The largest absolute Gasteiger partial charge is 0.387 e. The second-order valence-corrected chi connectivity index (χ2v) is 11.5. The number of rotatable bonds is 3. The van der Waals surface area contributed by atoms with Gasteiger partial charge in [-0.2, -0.15) is 0 Å². The molecule has 43 heavy (non-hydrogen) atoms. The Kier molecular flexibility index (Phi) is 5.20. The Morgan fingerprint density at radius 1 is 0.628 bits per heavy atom. The van der Waals surface area contributed by atoms with Crippen LogP contribution in [0.25, 0.3) is 60.6 Å².